The number of aliphatic hydroxyl groups is 1. The Labute approximate surface area is 180 Å². The number of hydrogen-bond acceptors (Lipinski definition) is 5. The standard InChI is InChI=1S/C23H26N2O6/c1-2-20(22(29)25(11-12-26)13-21(27)28)24-23(30)31-14-19-17-9-5-3-7-15(17)16-8-4-6-10-18(16)19/h3-10,19-20,26H,2,11-14H2,1H3,(H,24,30)(H,27,28)/t20-/m1/s1. The van der Waals surface area contributed by atoms with E-state index in [-0.39, 0.29) is 32.1 Å². The van der Waals surface area contributed by atoms with Gasteiger partial charge in [0.15, 0.2) is 0 Å². The molecule has 0 fully saturated rings. The number of aliphatic carboxylic acids is 1. The molecule has 2 aromatic rings. The number of nitrogens with zero attached hydrogens (tertiary/aromatic N) is 1. The van der Waals surface area contributed by atoms with E-state index < -0.39 is 30.6 Å². The van der Waals surface area contributed by atoms with Crippen molar-refractivity contribution in [2.75, 3.05) is 26.3 Å². The van der Waals surface area contributed by atoms with Crippen LogP contribution in [0.4, 0.5) is 4.79 Å². The van der Waals surface area contributed by atoms with E-state index in [2.05, 4.69) is 5.32 Å². The number of carbonyl (C=O) groups is 3. The molecule has 164 valence electrons. The van der Waals surface area contributed by atoms with Gasteiger partial charge in [0.2, 0.25) is 5.91 Å². The third-order valence-electron chi connectivity index (χ3n) is 5.35. The molecule has 2 amide bonds. The van der Waals surface area contributed by atoms with E-state index in [1.54, 1.807) is 6.92 Å². The van der Waals surface area contributed by atoms with Crippen LogP contribution in [0, 0.1) is 0 Å². The summed E-state index contributed by atoms with van der Waals surface area (Å²) < 4.78 is 5.46. The summed E-state index contributed by atoms with van der Waals surface area (Å²) >= 11 is 0. The number of carboxylic acid groups (broad SMARTS) is 1. The molecule has 0 heterocycles. The number of nitrogens with one attached hydrogen (secondary N) is 1. The molecule has 0 saturated heterocycles. The smallest absolute Gasteiger partial charge is 0.407 e. The predicted molar refractivity (Wildman–Crippen MR) is 114 cm³/mol. The van der Waals surface area contributed by atoms with E-state index in [0.29, 0.717) is 0 Å². The number of amides is 2. The van der Waals surface area contributed by atoms with E-state index >= 15 is 0 Å². The molecule has 0 saturated carbocycles. The predicted octanol–water partition coefficient (Wildman–Crippen LogP) is 2.21. The number of ether oxygens (including phenoxy) is 1. The first-order valence-electron chi connectivity index (χ1n) is 10.2. The Balaban J connectivity index is 1.65. The van der Waals surface area contributed by atoms with Crippen LogP contribution in [0.1, 0.15) is 30.4 Å². The van der Waals surface area contributed by atoms with Gasteiger partial charge in [0, 0.05) is 12.5 Å². The molecule has 3 N–H and O–H groups in total. The third kappa shape index (κ3) is 5.03. The number of rotatable bonds is 9. The number of carbonyl (C=O) groups excluding carboxylic acids is 2. The van der Waals surface area contributed by atoms with Gasteiger partial charge >= 0.3 is 12.1 Å². The highest BCUT2D eigenvalue weighted by Crippen LogP contribution is 2.44. The second-order valence-electron chi connectivity index (χ2n) is 7.31. The second kappa shape index (κ2) is 10.1. The van der Waals surface area contributed by atoms with E-state index in [9.17, 15) is 14.4 Å². The average Bonchev–Trinajstić information content (AvgIpc) is 3.09. The first-order chi connectivity index (χ1) is 15.0. The highest BCUT2D eigenvalue weighted by Gasteiger charge is 2.30. The fraction of sp³-hybridized carbons (Fsp3) is 0.348. The maximum Gasteiger partial charge on any atom is 0.407 e. The highest BCUT2D eigenvalue weighted by atomic mass is 16.5. The largest absolute Gasteiger partial charge is 0.480 e. The van der Waals surface area contributed by atoms with Gasteiger partial charge in [-0.1, -0.05) is 55.5 Å². The van der Waals surface area contributed by atoms with Gasteiger partial charge in [-0.05, 0) is 28.7 Å². The van der Waals surface area contributed by atoms with Gasteiger partial charge in [-0.15, -0.1) is 0 Å². The second-order valence-corrected chi connectivity index (χ2v) is 7.31. The van der Waals surface area contributed by atoms with Crippen molar-refractivity contribution < 1.29 is 29.3 Å². The molecule has 8 nitrogen and oxygen atoms in total. The Morgan fingerprint density at radius 3 is 2.16 bits per heavy atom. The Kier molecular flexibility index (Phi) is 7.25. The van der Waals surface area contributed by atoms with Gasteiger partial charge in [0.1, 0.15) is 19.2 Å². The van der Waals surface area contributed by atoms with Crippen LogP contribution in [-0.2, 0) is 14.3 Å². The molecule has 0 radical (unpaired) electrons. The fourth-order valence-corrected chi connectivity index (χ4v) is 3.89. The summed E-state index contributed by atoms with van der Waals surface area (Å²) in [5.41, 5.74) is 4.38. The molecular weight excluding hydrogens is 400 g/mol. The summed E-state index contributed by atoms with van der Waals surface area (Å²) in [4.78, 5) is 37.0. The van der Waals surface area contributed by atoms with Crippen LogP contribution in [0.15, 0.2) is 48.5 Å². The molecule has 8 heteroatoms. The van der Waals surface area contributed by atoms with Gasteiger partial charge in [-0.2, -0.15) is 0 Å². The zero-order valence-corrected chi connectivity index (χ0v) is 17.3. The summed E-state index contributed by atoms with van der Waals surface area (Å²) in [7, 11) is 0. The molecule has 1 atom stereocenters. The van der Waals surface area contributed by atoms with E-state index in [0.717, 1.165) is 27.2 Å². The van der Waals surface area contributed by atoms with Gasteiger partial charge < -0.3 is 25.2 Å². The van der Waals surface area contributed by atoms with Crippen LogP contribution < -0.4 is 5.32 Å². The van der Waals surface area contributed by atoms with Crippen LogP contribution in [0.3, 0.4) is 0 Å². The first-order valence-corrected chi connectivity index (χ1v) is 10.2. The van der Waals surface area contributed by atoms with Crippen molar-refractivity contribution >= 4 is 18.0 Å². The molecule has 31 heavy (non-hydrogen) atoms. The SMILES string of the molecule is CC[C@@H](NC(=O)OCC1c2ccccc2-c2ccccc21)C(=O)N(CCO)CC(=O)O. The number of carboxylic acids is 1. The number of hydrogen-bond donors (Lipinski definition) is 3. The Hall–Kier alpha value is -3.39. The summed E-state index contributed by atoms with van der Waals surface area (Å²) in [5, 5.41) is 20.6. The Morgan fingerprint density at radius 1 is 1.06 bits per heavy atom. The zero-order valence-electron chi connectivity index (χ0n) is 17.3. The van der Waals surface area contributed by atoms with Crippen LogP contribution in [0.25, 0.3) is 11.1 Å². The molecule has 0 aromatic heterocycles. The molecule has 0 unspecified atom stereocenters. The normalized spacial score (nSPS) is 13.1. The minimum Gasteiger partial charge on any atom is -0.480 e. The van der Waals surface area contributed by atoms with Crippen molar-refractivity contribution in [3.05, 3.63) is 59.7 Å². The van der Waals surface area contributed by atoms with Gasteiger partial charge in [0.25, 0.3) is 0 Å². The molecule has 1 aliphatic carbocycles. The molecule has 0 aliphatic heterocycles. The molecule has 3 rings (SSSR count). The van der Waals surface area contributed by atoms with Crippen molar-refractivity contribution in [3.63, 3.8) is 0 Å². The van der Waals surface area contributed by atoms with Crippen LogP contribution in [-0.4, -0.2) is 65.4 Å². The molecular formula is C23H26N2O6. The molecule has 1 aliphatic rings. The number of fused-ring (bicyclic) bond motifs is 3. The maximum absolute atomic E-state index is 12.6. The number of alkyl carbamates (subject to hydrolysis) is 1. The molecule has 0 bridgehead atoms. The zero-order chi connectivity index (χ0) is 22.4. The topological polar surface area (TPSA) is 116 Å². The fourth-order valence-electron chi connectivity index (χ4n) is 3.89. The van der Waals surface area contributed by atoms with Gasteiger partial charge in [0.05, 0.1) is 6.61 Å². The quantitative estimate of drug-likeness (QED) is 0.566. The van der Waals surface area contributed by atoms with Crippen molar-refractivity contribution in [1.82, 2.24) is 10.2 Å². The lowest BCUT2D eigenvalue weighted by Crippen LogP contribution is -2.50. The molecule has 2 aromatic carbocycles. The van der Waals surface area contributed by atoms with Gasteiger partial charge in [-0.25, -0.2) is 4.79 Å². The third-order valence-corrected chi connectivity index (χ3v) is 5.35. The first kappa shape index (κ1) is 22.3. The molecule has 0 spiro atoms. The van der Waals surface area contributed by atoms with Crippen LogP contribution in [0.5, 0.6) is 0 Å². The summed E-state index contributed by atoms with van der Waals surface area (Å²) in [6.45, 7) is 0.751. The lowest BCUT2D eigenvalue weighted by Gasteiger charge is -2.25. The average molecular weight is 426 g/mol. The Morgan fingerprint density at radius 2 is 1.65 bits per heavy atom. The van der Waals surface area contributed by atoms with Crippen LogP contribution in [0.2, 0.25) is 0 Å². The summed E-state index contributed by atoms with van der Waals surface area (Å²) in [6.07, 6.45) is -0.494. The van der Waals surface area contributed by atoms with E-state index in [4.69, 9.17) is 14.9 Å². The monoisotopic (exact) mass is 426 g/mol. The number of benzene rings is 2. The lowest BCUT2D eigenvalue weighted by molar-refractivity contribution is -0.145. The van der Waals surface area contributed by atoms with E-state index in [1.807, 2.05) is 48.5 Å². The van der Waals surface area contributed by atoms with Crippen LogP contribution >= 0.6 is 0 Å². The summed E-state index contributed by atoms with van der Waals surface area (Å²) in [5.74, 6) is -1.88. The Bertz CT molecular complexity index is 915. The minimum atomic E-state index is -1.20. The number of aliphatic hydroxyl groups excluding tert-OH is 1. The summed E-state index contributed by atoms with van der Waals surface area (Å²) in [6, 6.07) is 15.0. The van der Waals surface area contributed by atoms with Crippen molar-refractivity contribution in [3.8, 4) is 11.1 Å². The van der Waals surface area contributed by atoms with Crippen molar-refractivity contribution in [2.45, 2.75) is 25.3 Å². The lowest BCUT2D eigenvalue weighted by atomic mass is 9.98. The highest BCUT2D eigenvalue weighted by molar-refractivity contribution is 5.88. The maximum atomic E-state index is 12.6. The van der Waals surface area contributed by atoms with Crippen molar-refractivity contribution in [1.29, 1.82) is 0 Å². The van der Waals surface area contributed by atoms with Gasteiger partial charge in [-0.3, -0.25) is 9.59 Å². The van der Waals surface area contributed by atoms with E-state index in [1.165, 1.54) is 0 Å². The minimum absolute atomic E-state index is 0.105. The van der Waals surface area contributed by atoms with Crippen molar-refractivity contribution in [2.24, 2.45) is 0 Å².